The van der Waals surface area contributed by atoms with Crippen LogP contribution in [0.2, 0.25) is 0 Å². The first-order valence-corrected chi connectivity index (χ1v) is 16.0. The first kappa shape index (κ1) is 25.4. The van der Waals surface area contributed by atoms with Crippen molar-refractivity contribution in [2.24, 2.45) is 21.1 Å². The SMILES string of the molecule is Cc1ccc2c3[b-](c4[b-](c5[b-]3c3n(cc[n+]3C)c3cc(C)ccc53)c3n(cc[n+]3C)c3cc(C)ccc43)c3n(cc[n+]3C)c2c1. The monoisotopic (exact) mass is 582 g/mol. The molecule has 0 aliphatic heterocycles. The van der Waals surface area contributed by atoms with Gasteiger partial charge in [-0.15, -0.1) is 0 Å². The van der Waals surface area contributed by atoms with Gasteiger partial charge in [0.2, 0.25) is 0 Å². The van der Waals surface area contributed by atoms with E-state index in [0.717, 1.165) is 0 Å². The maximum atomic E-state index is 2.46. The van der Waals surface area contributed by atoms with Gasteiger partial charge < -0.3 is 15.5 Å². The lowest BCUT2D eigenvalue weighted by Crippen LogP contribution is -2.34. The third-order valence-electron chi connectivity index (χ3n) is 11.0. The molecule has 0 fully saturated rings. The van der Waals surface area contributed by atoms with E-state index < -0.39 is 0 Å². The summed E-state index contributed by atoms with van der Waals surface area (Å²) in [5.74, 6) is 0. The third-order valence-corrected chi connectivity index (χ3v) is 11.0. The highest BCUT2D eigenvalue weighted by Gasteiger charge is 2.17. The van der Waals surface area contributed by atoms with E-state index in [9.17, 15) is 0 Å². The van der Waals surface area contributed by atoms with Gasteiger partial charge in [0, 0.05) is 0 Å². The van der Waals surface area contributed by atoms with Gasteiger partial charge in [0.15, 0.2) is 0 Å². The molecule has 0 aliphatic rings. The van der Waals surface area contributed by atoms with Crippen LogP contribution in [0.25, 0.3) is 64.9 Å². The topological polar surface area (TPSA) is 24.9 Å². The van der Waals surface area contributed by atoms with Crippen molar-refractivity contribution in [3.8, 4) is 0 Å². The summed E-state index contributed by atoms with van der Waals surface area (Å²) < 4.78 is 14.5. The molecule has 0 amide bonds. The van der Waals surface area contributed by atoms with Gasteiger partial charge in [0.25, 0.3) is 0 Å². The molecular formula is C36H33B3N6. The number of hydrogen-bond donors (Lipinski definition) is 0. The van der Waals surface area contributed by atoms with Gasteiger partial charge >= 0.3 is 0 Å². The zero-order valence-corrected chi connectivity index (χ0v) is 26.6. The highest BCUT2D eigenvalue weighted by Crippen LogP contribution is 2.34. The number of imidazole rings is 3. The number of fused-ring (bicyclic) bond motifs is 21. The molecule has 6 nitrogen and oxygen atoms in total. The van der Waals surface area contributed by atoms with Crippen molar-refractivity contribution < 1.29 is 13.7 Å². The predicted octanol–water partition coefficient (Wildman–Crippen LogP) is 4.73. The minimum atomic E-state index is 0.0967. The van der Waals surface area contributed by atoms with Crippen LogP contribution >= 0.6 is 0 Å². The molecule has 10 rings (SSSR count). The van der Waals surface area contributed by atoms with Gasteiger partial charge in [0.1, 0.15) is 53.7 Å². The summed E-state index contributed by atoms with van der Waals surface area (Å²) >= 11 is 0. The Morgan fingerprint density at radius 3 is 1.02 bits per heavy atom. The summed E-state index contributed by atoms with van der Waals surface area (Å²) in [6.45, 7) is 6.63. The molecule has 0 spiro atoms. The number of hydrogen-bond acceptors (Lipinski definition) is 0. The first-order chi connectivity index (χ1) is 21.8. The zero-order valence-electron chi connectivity index (χ0n) is 26.6. The normalized spacial score (nSPS) is 12.7. The minimum absolute atomic E-state index is 0.0967. The van der Waals surface area contributed by atoms with Gasteiger partial charge in [-0.1, -0.05) is 71.0 Å². The molecule has 3 aromatic carbocycles. The largest absolute Gasteiger partial charge is 0.394 e. The van der Waals surface area contributed by atoms with E-state index in [4.69, 9.17) is 0 Å². The van der Waals surface area contributed by atoms with E-state index >= 15 is 0 Å². The fraction of sp³-hybridized carbons (Fsp3) is 0.167. The first-order valence-electron chi connectivity index (χ1n) is 16.0. The summed E-state index contributed by atoms with van der Waals surface area (Å²) in [4.78, 5) is 0. The fourth-order valence-electron chi connectivity index (χ4n) is 9.13. The van der Waals surface area contributed by atoms with Crippen molar-refractivity contribution in [1.82, 2.24) is 13.2 Å². The molecule has 45 heavy (non-hydrogen) atoms. The van der Waals surface area contributed by atoms with Crippen LogP contribution in [-0.4, -0.2) is 31.7 Å². The molecule has 216 valence electrons. The lowest BCUT2D eigenvalue weighted by atomic mass is 9.37. The Labute approximate surface area is 260 Å². The average Bonchev–Trinajstić information content (AvgIpc) is 3.73. The number of rotatable bonds is 0. The van der Waals surface area contributed by atoms with Crippen LogP contribution in [0.5, 0.6) is 0 Å². The second kappa shape index (κ2) is 8.42. The maximum absolute atomic E-state index is 2.46. The molecule has 0 N–H and O–H groups in total. The van der Waals surface area contributed by atoms with Gasteiger partial charge in [-0.2, -0.15) is 0 Å². The Hall–Kier alpha value is -4.91. The van der Waals surface area contributed by atoms with E-state index in [2.05, 4.69) is 161 Å². The lowest BCUT2D eigenvalue weighted by Gasteiger charge is -2.35. The molecule has 7 aromatic heterocycles. The van der Waals surface area contributed by atoms with Crippen LogP contribution in [0, 0.1) is 20.8 Å². The third kappa shape index (κ3) is 3.04. The van der Waals surface area contributed by atoms with Gasteiger partial charge in [-0.05, 0) is 55.7 Å². The molecule has 0 atom stereocenters. The molecule has 0 radical (unpaired) electrons. The van der Waals surface area contributed by atoms with Crippen LogP contribution in [0.15, 0.2) is 91.8 Å². The van der Waals surface area contributed by atoms with Crippen LogP contribution in [0.3, 0.4) is 0 Å². The molecule has 0 aliphatic carbocycles. The molecule has 0 saturated carbocycles. The van der Waals surface area contributed by atoms with E-state index in [1.54, 1.807) is 0 Å². The molecule has 0 unspecified atom stereocenters. The molecule has 7 heterocycles. The Morgan fingerprint density at radius 2 is 0.733 bits per heavy atom. The highest BCUT2D eigenvalue weighted by molar-refractivity contribution is 7.12. The van der Waals surface area contributed by atoms with Crippen molar-refractivity contribution in [3.63, 3.8) is 0 Å². The van der Waals surface area contributed by atoms with Crippen LogP contribution in [0.1, 0.15) is 16.7 Å². The molecule has 0 bridgehead atoms. The molecule has 9 heteroatoms. The maximum Gasteiger partial charge on any atom is 0.131 e. The van der Waals surface area contributed by atoms with Gasteiger partial charge in [-0.25, -0.2) is 13.2 Å². The van der Waals surface area contributed by atoms with Gasteiger partial charge in [-0.3, -0.25) is 13.7 Å². The van der Waals surface area contributed by atoms with Crippen molar-refractivity contribution >= 4 is 83.3 Å². The predicted molar refractivity (Wildman–Crippen MR) is 186 cm³/mol. The number of aryl methyl sites for hydroxylation is 6. The quantitative estimate of drug-likeness (QED) is 0.183. The van der Waals surface area contributed by atoms with Gasteiger partial charge in [0.05, 0.1) is 37.8 Å². The van der Waals surface area contributed by atoms with Crippen molar-refractivity contribution in [3.05, 3.63) is 108 Å². The average molecular weight is 582 g/mol. The Balaban J connectivity index is 1.76. The summed E-state index contributed by atoms with van der Waals surface area (Å²) in [6.07, 6.45) is 13.8. The summed E-state index contributed by atoms with van der Waals surface area (Å²) in [5, 5.41) is 8.53. The number of nitrogens with zero attached hydrogens (tertiary/aromatic N) is 6. The van der Waals surface area contributed by atoms with Crippen molar-refractivity contribution in [2.45, 2.75) is 20.8 Å². The molecule has 10 aromatic rings. The van der Waals surface area contributed by atoms with E-state index in [0.29, 0.717) is 0 Å². The zero-order chi connectivity index (χ0) is 30.5. The van der Waals surface area contributed by atoms with Crippen molar-refractivity contribution in [2.75, 3.05) is 0 Å². The van der Waals surface area contributed by atoms with E-state index in [-0.39, 0.29) is 18.5 Å². The van der Waals surface area contributed by atoms with Crippen LogP contribution < -0.4 is 13.7 Å². The summed E-state index contributed by atoms with van der Waals surface area (Å²) in [6, 6.07) is 21.2. The van der Waals surface area contributed by atoms with Crippen LogP contribution in [-0.2, 0) is 21.1 Å². The van der Waals surface area contributed by atoms with Crippen LogP contribution in [0.4, 0.5) is 0 Å². The Morgan fingerprint density at radius 1 is 0.444 bits per heavy atom. The fourth-order valence-corrected chi connectivity index (χ4v) is 9.13. The van der Waals surface area contributed by atoms with E-state index in [1.165, 1.54) is 81.6 Å². The Kier molecular flexibility index (Phi) is 4.76. The summed E-state index contributed by atoms with van der Waals surface area (Å²) in [5.41, 5.74) is 11.6. The standard InChI is InChI=1S/C36H33B3N6/c1-22-7-10-25-28(19-22)43-16-13-40(4)34(43)37-31(25)38-33(27-12-9-24(3)21-30(27)44-17-14-41(5)35(38)44)39-32(37)26-11-8-23(2)20-29(26)45-18-15-42(6)36(39)45/h7-21H,1-6H3. The van der Waals surface area contributed by atoms with E-state index in [1.807, 2.05) is 0 Å². The van der Waals surface area contributed by atoms with Crippen molar-refractivity contribution in [1.29, 1.82) is 0 Å². The summed E-state index contributed by atoms with van der Waals surface area (Å²) in [7, 11) is 6.67. The second-order valence-corrected chi connectivity index (χ2v) is 13.6. The molecular weight excluding hydrogens is 549 g/mol. The second-order valence-electron chi connectivity index (χ2n) is 13.6. The number of aromatic nitrogens is 6. The smallest absolute Gasteiger partial charge is 0.131 e. The minimum Gasteiger partial charge on any atom is -0.394 e. The Bertz CT molecular complexity index is 2650. The lowest BCUT2D eigenvalue weighted by molar-refractivity contribution is -0.642. The molecule has 0 saturated heterocycles. The highest BCUT2D eigenvalue weighted by atomic mass is 15.1. The number of benzene rings is 3.